The molecule has 0 aliphatic heterocycles. The van der Waals surface area contributed by atoms with E-state index in [0.29, 0.717) is 34.4 Å². The Morgan fingerprint density at radius 3 is 2.58 bits per heavy atom. The number of hydrogen-bond acceptors (Lipinski definition) is 4. The average molecular weight is 545 g/mol. The Bertz CT molecular complexity index is 1150. The third-order valence-corrected chi connectivity index (χ3v) is 5.18. The lowest BCUT2D eigenvalue weighted by molar-refractivity contribution is -0.112. The van der Waals surface area contributed by atoms with E-state index >= 15 is 0 Å². The van der Waals surface area contributed by atoms with Gasteiger partial charge in [-0.1, -0.05) is 35.9 Å². The van der Waals surface area contributed by atoms with Crippen LogP contribution in [0.4, 0.5) is 5.69 Å². The van der Waals surface area contributed by atoms with Crippen molar-refractivity contribution in [1.29, 1.82) is 5.26 Å². The van der Waals surface area contributed by atoms with E-state index in [1.165, 1.54) is 6.08 Å². The van der Waals surface area contributed by atoms with Crippen LogP contribution in [-0.4, -0.2) is 13.0 Å². The zero-order valence-electron chi connectivity index (χ0n) is 16.6. The van der Waals surface area contributed by atoms with Crippen LogP contribution in [-0.2, 0) is 11.4 Å². The molecule has 0 saturated heterocycles. The molecule has 5 nitrogen and oxygen atoms in total. The summed E-state index contributed by atoms with van der Waals surface area (Å²) < 4.78 is 12.2. The molecule has 0 aliphatic rings. The highest BCUT2D eigenvalue weighted by Gasteiger charge is 2.12. The first kappa shape index (κ1) is 22.7. The molecule has 0 radical (unpaired) electrons. The Balaban J connectivity index is 1.79. The number of ether oxygens (including phenoxy) is 2. The third kappa shape index (κ3) is 6.48. The maximum atomic E-state index is 12.5. The molecule has 0 aliphatic carbocycles. The Kier molecular flexibility index (Phi) is 7.93. The van der Waals surface area contributed by atoms with Crippen molar-refractivity contribution in [2.24, 2.45) is 0 Å². The number of nitrogens with one attached hydrogen (secondary N) is 1. The predicted octanol–water partition coefficient (Wildman–Crippen LogP) is 6.08. The molecule has 3 aromatic carbocycles. The normalized spacial score (nSPS) is 10.8. The van der Waals surface area contributed by atoms with E-state index in [2.05, 4.69) is 27.9 Å². The second kappa shape index (κ2) is 10.8. The summed E-state index contributed by atoms with van der Waals surface area (Å²) in [7, 11) is 1.55. The average Bonchev–Trinajstić information content (AvgIpc) is 2.77. The van der Waals surface area contributed by atoms with Crippen molar-refractivity contribution in [1.82, 2.24) is 0 Å². The summed E-state index contributed by atoms with van der Waals surface area (Å²) in [6, 6.07) is 21.9. The zero-order valence-corrected chi connectivity index (χ0v) is 19.5. The molecule has 3 rings (SSSR count). The summed E-state index contributed by atoms with van der Waals surface area (Å²) in [5.74, 6) is 0.568. The number of nitrogens with zero attached hydrogens (tertiary/aromatic N) is 1. The second-order valence-corrected chi connectivity index (χ2v) is 8.14. The number of hydrogen-bond donors (Lipinski definition) is 1. The number of benzene rings is 3. The molecule has 0 heterocycles. The molecule has 0 saturated carbocycles. The van der Waals surface area contributed by atoms with Gasteiger partial charge in [0.2, 0.25) is 0 Å². The SMILES string of the molecule is COc1ccc(/C=C(\C#N)C(=O)Nc2cccc(I)c2)cc1OCc1ccc(Cl)cc1. The Hall–Kier alpha value is -3.02. The van der Waals surface area contributed by atoms with E-state index in [9.17, 15) is 10.1 Å². The quantitative estimate of drug-likeness (QED) is 0.222. The molecular weight excluding hydrogens is 527 g/mol. The van der Waals surface area contributed by atoms with Crippen LogP contribution in [0.25, 0.3) is 6.08 Å². The Morgan fingerprint density at radius 2 is 1.90 bits per heavy atom. The van der Waals surface area contributed by atoms with Gasteiger partial charge in [-0.15, -0.1) is 0 Å². The molecule has 0 bridgehead atoms. The van der Waals surface area contributed by atoms with Gasteiger partial charge in [-0.3, -0.25) is 4.79 Å². The van der Waals surface area contributed by atoms with Gasteiger partial charge in [-0.25, -0.2) is 0 Å². The van der Waals surface area contributed by atoms with Gasteiger partial charge < -0.3 is 14.8 Å². The van der Waals surface area contributed by atoms with E-state index in [1.807, 2.05) is 36.4 Å². The number of rotatable bonds is 7. The largest absolute Gasteiger partial charge is 0.493 e. The molecule has 3 aromatic rings. The first-order chi connectivity index (χ1) is 15.0. The van der Waals surface area contributed by atoms with Gasteiger partial charge in [-0.05, 0) is 82.3 Å². The number of nitriles is 1. The van der Waals surface area contributed by atoms with Crippen molar-refractivity contribution in [2.45, 2.75) is 6.61 Å². The van der Waals surface area contributed by atoms with Gasteiger partial charge >= 0.3 is 0 Å². The third-order valence-electron chi connectivity index (χ3n) is 4.25. The Morgan fingerprint density at radius 1 is 1.13 bits per heavy atom. The summed E-state index contributed by atoms with van der Waals surface area (Å²) in [5, 5.41) is 12.9. The summed E-state index contributed by atoms with van der Waals surface area (Å²) in [5.41, 5.74) is 2.19. The van der Waals surface area contributed by atoms with Gasteiger partial charge in [0.25, 0.3) is 5.91 Å². The van der Waals surface area contributed by atoms with Gasteiger partial charge in [0.1, 0.15) is 18.2 Å². The van der Waals surface area contributed by atoms with Crippen LogP contribution in [0.15, 0.2) is 72.3 Å². The molecule has 0 aromatic heterocycles. The minimum absolute atomic E-state index is 0.0207. The first-order valence-electron chi connectivity index (χ1n) is 9.22. The number of amides is 1. The van der Waals surface area contributed by atoms with Gasteiger partial charge in [0, 0.05) is 14.3 Å². The monoisotopic (exact) mass is 544 g/mol. The predicted molar refractivity (Wildman–Crippen MR) is 130 cm³/mol. The number of carbonyl (C=O) groups is 1. The number of methoxy groups -OCH3 is 1. The maximum Gasteiger partial charge on any atom is 0.266 e. The first-order valence-corrected chi connectivity index (χ1v) is 10.7. The number of halogens is 2. The van der Waals surface area contributed by atoms with Gasteiger partial charge in [0.15, 0.2) is 11.5 Å². The highest BCUT2D eigenvalue weighted by Crippen LogP contribution is 2.30. The number of anilines is 1. The van der Waals surface area contributed by atoms with Crippen LogP contribution >= 0.6 is 34.2 Å². The molecular formula is C24H18ClIN2O3. The zero-order chi connectivity index (χ0) is 22.2. The van der Waals surface area contributed by atoms with Crippen molar-refractivity contribution in [3.8, 4) is 17.6 Å². The molecule has 31 heavy (non-hydrogen) atoms. The van der Waals surface area contributed by atoms with Crippen molar-refractivity contribution in [2.75, 3.05) is 12.4 Å². The van der Waals surface area contributed by atoms with Gasteiger partial charge in [0.05, 0.1) is 7.11 Å². The molecule has 0 atom stereocenters. The lowest BCUT2D eigenvalue weighted by atomic mass is 10.1. The van der Waals surface area contributed by atoms with Crippen LogP contribution in [0, 0.1) is 14.9 Å². The van der Waals surface area contributed by atoms with Crippen LogP contribution in [0.5, 0.6) is 11.5 Å². The molecule has 7 heteroatoms. The van der Waals surface area contributed by atoms with Crippen molar-refractivity contribution >= 4 is 51.9 Å². The smallest absolute Gasteiger partial charge is 0.266 e. The van der Waals surface area contributed by atoms with E-state index in [1.54, 1.807) is 43.5 Å². The topological polar surface area (TPSA) is 71.3 Å². The van der Waals surface area contributed by atoms with E-state index in [-0.39, 0.29) is 5.57 Å². The fourth-order valence-corrected chi connectivity index (χ4v) is 3.39. The second-order valence-electron chi connectivity index (χ2n) is 6.46. The molecule has 0 unspecified atom stereocenters. The minimum atomic E-state index is -0.482. The van der Waals surface area contributed by atoms with Crippen LogP contribution in [0.1, 0.15) is 11.1 Å². The van der Waals surface area contributed by atoms with Crippen molar-refractivity contribution in [3.05, 3.63) is 92.0 Å². The van der Waals surface area contributed by atoms with Gasteiger partial charge in [-0.2, -0.15) is 5.26 Å². The van der Waals surface area contributed by atoms with Crippen LogP contribution < -0.4 is 14.8 Å². The van der Waals surface area contributed by atoms with E-state index in [0.717, 1.165) is 9.13 Å². The highest BCUT2D eigenvalue weighted by molar-refractivity contribution is 14.1. The van der Waals surface area contributed by atoms with Crippen LogP contribution in [0.3, 0.4) is 0 Å². The highest BCUT2D eigenvalue weighted by atomic mass is 127. The Labute approximate surface area is 199 Å². The summed E-state index contributed by atoms with van der Waals surface area (Å²) in [4.78, 5) is 12.5. The fraction of sp³-hybridized carbons (Fsp3) is 0.0833. The van der Waals surface area contributed by atoms with E-state index < -0.39 is 5.91 Å². The molecule has 0 fully saturated rings. The fourth-order valence-electron chi connectivity index (χ4n) is 2.72. The molecule has 156 valence electrons. The summed E-state index contributed by atoms with van der Waals surface area (Å²) in [6.45, 7) is 0.318. The van der Waals surface area contributed by atoms with Crippen molar-refractivity contribution in [3.63, 3.8) is 0 Å². The lowest BCUT2D eigenvalue weighted by Crippen LogP contribution is -2.13. The lowest BCUT2D eigenvalue weighted by Gasteiger charge is -2.12. The minimum Gasteiger partial charge on any atom is -0.493 e. The standard InChI is InChI=1S/C24H18ClIN2O3/c1-30-22-10-7-17(12-23(22)31-15-16-5-8-19(25)9-6-16)11-18(14-27)24(29)28-21-4-2-3-20(26)13-21/h2-13H,15H2,1H3,(H,28,29)/b18-11+. The van der Waals surface area contributed by atoms with Crippen LogP contribution in [0.2, 0.25) is 5.02 Å². The molecule has 0 spiro atoms. The molecule has 1 amide bonds. The summed E-state index contributed by atoms with van der Waals surface area (Å²) >= 11 is 8.07. The summed E-state index contributed by atoms with van der Waals surface area (Å²) in [6.07, 6.45) is 1.51. The molecule has 1 N–H and O–H groups in total. The van der Waals surface area contributed by atoms with Crippen molar-refractivity contribution < 1.29 is 14.3 Å². The maximum absolute atomic E-state index is 12.5. The van der Waals surface area contributed by atoms with E-state index in [4.69, 9.17) is 21.1 Å². The number of carbonyl (C=O) groups excluding carboxylic acids is 1.